The Hall–Kier alpha value is -1.84. The van der Waals surface area contributed by atoms with Crippen molar-refractivity contribution in [2.45, 2.75) is 18.9 Å². The molecule has 0 spiro atoms. The van der Waals surface area contributed by atoms with Gasteiger partial charge in [0.2, 0.25) is 5.91 Å². The molecular weight excluding hydrogens is 264 g/mol. The van der Waals surface area contributed by atoms with Crippen molar-refractivity contribution in [3.05, 3.63) is 21.9 Å². The molecule has 0 aromatic carbocycles. The highest BCUT2D eigenvalue weighted by molar-refractivity contribution is 7.12. The van der Waals surface area contributed by atoms with Gasteiger partial charge in [0.1, 0.15) is 4.88 Å². The number of rotatable bonds is 3. The summed E-state index contributed by atoms with van der Waals surface area (Å²) in [7, 11) is 0. The Kier molecular flexibility index (Phi) is 4.55. The van der Waals surface area contributed by atoms with Crippen molar-refractivity contribution in [2.75, 3.05) is 13.2 Å². The Morgan fingerprint density at radius 2 is 2.47 bits per heavy atom. The third kappa shape index (κ3) is 3.56. The molecule has 0 aliphatic carbocycles. The first-order valence-corrected chi connectivity index (χ1v) is 6.83. The molecule has 100 valence electrons. The standard InChI is InChI=1S/C13H14N2O3S/c16-5-2-1-3-9-4-6-19-12(9)13(18)15-10-7-11(17)14-8-10/h4,6,10,16H,2,5,7-8H2,(H,14,17)(H,15,18). The zero-order chi connectivity index (χ0) is 13.7. The Bertz CT molecular complexity index is 542. The number of hydrogen-bond acceptors (Lipinski definition) is 4. The molecule has 19 heavy (non-hydrogen) atoms. The average molecular weight is 278 g/mol. The maximum atomic E-state index is 12.1. The Labute approximate surface area is 115 Å². The van der Waals surface area contributed by atoms with Crippen molar-refractivity contribution in [1.82, 2.24) is 10.6 Å². The van der Waals surface area contributed by atoms with Crippen molar-refractivity contribution in [1.29, 1.82) is 0 Å². The fourth-order valence-corrected chi connectivity index (χ4v) is 2.51. The van der Waals surface area contributed by atoms with E-state index in [0.29, 0.717) is 29.8 Å². The van der Waals surface area contributed by atoms with Gasteiger partial charge in [-0.2, -0.15) is 0 Å². The number of thiophene rings is 1. The van der Waals surface area contributed by atoms with Crippen LogP contribution in [-0.2, 0) is 4.79 Å². The van der Waals surface area contributed by atoms with Gasteiger partial charge in [0.05, 0.1) is 12.6 Å². The summed E-state index contributed by atoms with van der Waals surface area (Å²) in [5.41, 5.74) is 0.660. The zero-order valence-electron chi connectivity index (χ0n) is 10.2. The van der Waals surface area contributed by atoms with Crippen LogP contribution in [-0.4, -0.2) is 36.1 Å². The van der Waals surface area contributed by atoms with E-state index in [9.17, 15) is 9.59 Å². The van der Waals surface area contributed by atoms with E-state index in [-0.39, 0.29) is 24.5 Å². The summed E-state index contributed by atoms with van der Waals surface area (Å²) in [5.74, 6) is 5.41. The van der Waals surface area contributed by atoms with E-state index in [1.54, 1.807) is 11.4 Å². The molecule has 2 heterocycles. The van der Waals surface area contributed by atoms with Crippen LogP contribution >= 0.6 is 11.3 Å². The van der Waals surface area contributed by atoms with Crippen LogP contribution < -0.4 is 10.6 Å². The van der Waals surface area contributed by atoms with Gasteiger partial charge in [0.15, 0.2) is 0 Å². The van der Waals surface area contributed by atoms with E-state index in [2.05, 4.69) is 22.5 Å². The molecule has 3 N–H and O–H groups in total. The van der Waals surface area contributed by atoms with Crippen LogP contribution in [0.4, 0.5) is 0 Å². The van der Waals surface area contributed by atoms with Crippen molar-refractivity contribution in [3.8, 4) is 11.8 Å². The predicted molar refractivity (Wildman–Crippen MR) is 71.8 cm³/mol. The van der Waals surface area contributed by atoms with Gasteiger partial charge in [-0.15, -0.1) is 11.3 Å². The molecule has 1 aliphatic heterocycles. The molecule has 1 aromatic heterocycles. The molecular formula is C13H14N2O3S. The summed E-state index contributed by atoms with van der Waals surface area (Å²) in [6.07, 6.45) is 0.709. The highest BCUT2D eigenvalue weighted by atomic mass is 32.1. The summed E-state index contributed by atoms with van der Waals surface area (Å²) >= 11 is 1.32. The number of carbonyl (C=O) groups excluding carboxylic acids is 2. The molecule has 0 bridgehead atoms. The first-order chi connectivity index (χ1) is 9.20. The number of amides is 2. The fourth-order valence-electron chi connectivity index (χ4n) is 1.76. The van der Waals surface area contributed by atoms with Gasteiger partial charge in [-0.05, 0) is 11.4 Å². The van der Waals surface area contributed by atoms with Gasteiger partial charge in [0.25, 0.3) is 5.91 Å². The zero-order valence-corrected chi connectivity index (χ0v) is 11.0. The minimum absolute atomic E-state index is 0.00845. The quantitative estimate of drug-likeness (QED) is 0.686. The highest BCUT2D eigenvalue weighted by Gasteiger charge is 2.24. The monoisotopic (exact) mass is 278 g/mol. The maximum absolute atomic E-state index is 12.1. The number of aliphatic hydroxyl groups is 1. The Morgan fingerprint density at radius 3 is 3.16 bits per heavy atom. The molecule has 1 aromatic rings. The maximum Gasteiger partial charge on any atom is 0.262 e. The van der Waals surface area contributed by atoms with Gasteiger partial charge in [-0.3, -0.25) is 9.59 Å². The number of hydrogen-bond donors (Lipinski definition) is 3. The molecule has 1 saturated heterocycles. The van der Waals surface area contributed by atoms with Gasteiger partial charge in [0, 0.05) is 24.9 Å². The van der Waals surface area contributed by atoms with E-state index >= 15 is 0 Å². The SMILES string of the molecule is O=C1CC(NC(=O)c2sccc2C#CCCO)CN1. The van der Waals surface area contributed by atoms with E-state index in [1.165, 1.54) is 11.3 Å². The molecule has 0 saturated carbocycles. The van der Waals surface area contributed by atoms with Crippen molar-refractivity contribution in [2.24, 2.45) is 0 Å². The molecule has 5 nitrogen and oxygen atoms in total. The summed E-state index contributed by atoms with van der Waals surface area (Å²) in [6.45, 7) is 0.482. The second-order valence-electron chi connectivity index (χ2n) is 4.12. The van der Waals surface area contributed by atoms with E-state index in [4.69, 9.17) is 5.11 Å². The van der Waals surface area contributed by atoms with Crippen LogP contribution in [0, 0.1) is 11.8 Å². The van der Waals surface area contributed by atoms with Crippen LogP contribution in [0.15, 0.2) is 11.4 Å². The van der Waals surface area contributed by atoms with Gasteiger partial charge < -0.3 is 15.7 Å². The lowest BCUT2D eigenvalue weighted by Crippen LogP contribution is -2.36. The van der Waals surface area contributed by atoms with Crippen molar-refractivity contribution >= 4 is 23.2 Å². The Balaban J connectivity index is 2.02. The van der Waals surface area contributed by atoms with Gasteiger partial charge in [-0.25, -0.2) is 0 Å². The second kappa shape index (κ2) is 6.36. The lowest BCUT2D eigenvalue weighted by Gasteiger charge is -2.09. The summed E-state index contributed by atoms with van der Waals surface area (Å²) in [5, 5.41) is 16.0. The smallest absolute Gasteiger partial charge is 0.262 e. The first kappa shape index (κ1) is 13.6. The highest BCUT2D eigenvalue weighted by Crippen LogP contribution is 2.16. The number of carbonyl (C=O) groups is 2. The molecule has 2 amide bonds. The largest absolute Gasteiger partial charge is 0.395 e. The third-order valence-corrected chi connectivity index (χ3v) is 3.56. The molecule has 6 heteroatoms. The van der Waals surface area contributed by atoms with E-state index < -0.39 is 0 Å². The lowest BCUT2D eigenvalue weighted by molar-refractivity contribution is -0.119. The minimum Gasteiger partial charge on any atom is -0.395 e. The fraction of sp³-hybridized carbons (Fsp3) is 0.385. The van der Waals surface area contributed by atoms with Gasteiger partial charge >= 0.3 is 0 Å². The molecule has 1 aliphatic rings. The third-order valence-electron chi connectivity index (χ3n) is 2.64. The molecule has 1 atom stereocenters. The van der Waals surface area contributed by atoms with E-state index in [0.717, 1.165) is 0 Å². The summed E-state index contributed by atoms with van der Waals surface area (Å²) in [6, 6.07) is 1.63. The van der Waals surface area contributed by atoms with Crippen molar-refractivity contribution in [3.63, 3.8) is 0 Å². The molecule has 2 rings (SSSR count). The number of aliphatic hydroxyl groups excluding tert-OH is 1. The van der Waals surface area contributed by atoms with Crippen LogP contribution in [0.2, 0.25) is 0 Å². The van der Waals surface area contributed by atoms with Crippen molar-refractivity contribution < 1.29 is 14.7 Å². The molecule has 0 radical (unpaired) electrons. The van der Waals surface area contributed by atoms with E-state index in [1.807, 2.05) is 0 Å². The second-order valence-corrected chi connectivity index (χ2v) is 5.03. The molecule has 1 fully saturated rings. The summed E-state index contributed by atoms with van der Waals surface area (Å²) < 4.78 is 0. The van der Waals surface area contributed by atoms with Crippen LogP contribution in [0.5, 0.6) is 0 Å². The Morgan fingerprint density at radius 1 is 1.63 bits per heavy atom. The van der Waals surface area contributed by atoms with Crippen LogP contribution in [0.3, 0.4) is 0 Å². The normalized spacial score (nSPS) is 17.5. The molecule has 1 unspecified atom stereocenters. The average Bonchev–Trinajstić information content (AvgIpc) is 2.99. The first-order valence-electron chi connectivity index (χ1n) is 5.95. The van der Waals surface area contributed by atoms with Gasteiger partial charge in [-0.1, -0.05) is 11.8 Å². The minimum atomic E-state index is -0.204. The predicted octanol–water partition coefficient (Wildman–Crippen LogP) is 0.100. The lowest BCUT2D eigenvalue weighted by atomic mass is 10.2. The topological polar surface area (TPSA) is 78.4 Å². The summed E-state index contributed by atoms with van der Waals surface area (Å²) in [4.78, 5) is 23.7. The number of nitrogens with one attached hydrogen (secondary N) is 2. The van der Waals surface area contributed by atoms with Crippen LogP contribution in [0.1, 0.15) is 28.1 Å². The van der Waals surface area contributed by atoms with Crippen LogP contribution in [0.25, 0.3) is 0 Å².